The first kappa shape index (κ1) is 17.4. The highest BCUT2D eigenvalue weighted by atomic mass is 16.6. The maximum atomic E-state index is 12.3. The number of hydrogen-bond donors (Lipinski definition) is 0. The molecule has 0 saturated heterocycles. The Morgan fingerprint density at radius 2 is 2.07 bits per heavy atom. The molecule has 2 aliphatic rings. The van der Waals surface area contributed by atoms with Crippen LogP contribution in [0, 0.1) is 10.1 Å². The van der Waals surface area contributed by atoms with Gasteiger partial charge >= 0.3 is 5.97 Å². The molecule has 1 fully saturated rings. The number of para-hydroxylation sites is 1. The van der Waals surface area contributed by atoms with E-state index in [-0.39, 0.29) is 22.6 Å². The van der Waals surface area contributed by atoms with Crippen LogP contribution >= 0.6 is 0 Å². The molecule has 1 aliphatic carbocycles. The molecule has 8 heteroatoms. The summed E-state index contributed by atoms with van der Waals surface area (Å²) in [6, 6.07) is 6.76. The molecule has 1 aliphatic heterocycles. The Labute approximate surface area is 156 Å². The number of methoxy groups -OCH3 is 1. The van der Waals surface area contributed by atoms with Crippen molar-refractivity contribution in [2.75, 3.05) is 12.0 Å². The number of esters is 1. The molecule has 2 heterocycles. The van der Waals surface area contributed by atoms with Gasteiger partial charge in [-0.1, -0.05) is 18.2 Å². The molecule has 0 N–H and O–H groups in total. The highest BCUT2D eigenvalue weighted by Crippen LogP contribution is 2.42. The number of anilines is 1. The molecule has 4 rings (SSSR count). The van der Waals surface area contributed by atoms with Crippen molar-refractivity contribution in [3.8, 4) is 0 Å². The van der Waals surface area contributed by atoms with Gasteiger partial charge in [-0.05, 0) is 26.2 Å². The van der Waals surface area contributed by atoms with Crippen molar-refractivity contribution < 1.29 is 14.5 Å². The van der Waals surface area contributed by atoms with Crippen molar-refractivity contribution in [1.29, 1.82) is 0 Å². The Hall–Kier alpha value is -3.03. The number of carbonyl (C=O) groups is 1. The molecule has 8 nitrogen and oxygen atoms in total. The molecule has 1 atom stereocenters. The molecule has 0 radical (unpaired) electrons. The molecule has 1 aromatic carbocycles. The molecular formula is C19H20N4O4. The molecule has 0 spiro atoms. The Balaban J connectivity index is 1.77. The Morgan fingerprint density at radius 1 is 1.33 bits per heavy atom. The third-order valence-corrected chi connectivity index (χ3v) is 5.16. The number of ether oxygens (including phenoxy) is 1. The lowest BCUT2D eigenvalue weighted by Gasteiger charge is -2.24. The predicted molar refractivity (Wildman–Crippen MR) is 97.8 cm³/mol. The van der Waals surface area contributed by atoms with Gasteiger partial charge in [-0.15, -0.1) is 0 Å². The lowest BCUT2D eigenvalue weighted by atomic mass is 10.1. The Kier molecular flexibility index (Phi) is 4.25. The summed E-state index contributed by atoms with van der Waals surface area (Å²) in [6.07, 6.45) is 2.63. The molecule has 0 amide bonds. The van der Waals surface area contributed by atoms with Crippen LogP contribution in [0.3, 0.4) is 0 Å². The molecular weight excluding hydrogens is 348 g/mol. The molecule has 0 bridgehead atoms. The average Bonchev–Trinajstić information content (AvgIpc) is 3.46. The molecule has 140 valence electrons. The zero-order valence-electron chi connectivity index (χ0n) is 15.2. The highest BCUT2D eigenvalue weighted by Gasteiger charge is 2.37. The second kappa shape index (κ2) is 6.61. The van der Waals surface area contributed by atoms with Crippen LogP contribution in [-0.4, -0.2) is 34.0 Å². The number of carbonyl (C=O) groups excluding carboxylic acids is 1. The van der Waals surface area contributed by atoms with Crippen molar-refractivity contribution in [3.05, 3.63) is 57.0 Å². The molecule has 27 heavy (non-hydrogen) atoms. The number of nitro groups is 1. The fourth-order valence-corrected chi connectivity index (χ4v) is 3.56. The lowest BCUT2D eigenvalue weighted by molar-refractivity contribution is -0.385. The number of aromatic nitrogens is 2. The minimum absolute atomic E-state index is 0.0481. The van der Waals surface area contributed by atoms with Crippen LogP contribution in [0.4, 0.5) is 11.5 Å². The summed E-state index contributed by atoms with van der Waals surface area (Å²) < 4.78 is 4.92. The van der Waals surface area contributed by atoms with Gasteiger partial charge in [-0.25, -0.2) is 14.8 Å². The molecule has 1 aromatic heterocycles. The fourth-order valence-electron chi connectivity index (χ4n) is 3.56. The van der Waals surface area contributed by atoms with Gasteiger partial charge in [0, 0.05) is 29.2 Å². The second-order valence-electron chi connectivity index (χ2n) is 7.07. The van der Waals surface area contributed by atoms with Crippen LogP contribution in [0.5, 0.6) is 0 Å². The van der Waals surface area contributed by atoms with Crippen LogP contribution < -0.4 is 4.90 Å². The lowest BCUT2D eigenvalue weighted by Crippen LogP contribution is -2.29. The highest BCUT2D eigenvalue weighted by molar-refractivity contribution is 5.91. The molecule has 2 aromatic rings. The van der Waals surface area contributed by atoms with Gasteiger partial charge in [0.25, 0.3) is 5.69 Å². The number of hydrogen-bond acceptors (Lipinski definition) is 7. The topological polar surface area (TPSA) is 98.5 Å². The van der Waals surface area contributed by atoms with Crippen LogP contribution in [0.25, 0.3) is 0 Å². The first-order valence-electron chi connectivity index (χ1n) is 8.97. The van der Waals surface area contributed by atoms with Gasteiger partial charge < -0.3 is 9.64 Å². The van der Waals surface area contributed by atoms with Crippen molar-refractivity contribution in [2.45, 2.75) is 44.7 Å². The van der Waals surface area contributed by atoms with E-state index in [2.05, 4.69) is 4.98 Å². The van der Waals surface area contributed by atoms with E-state index in [1.54, 1.807) is 18.2 Å². The summed E-state index contributed by atoms with van der Waals surface area (Å²) in [5, 5.41) is 11.4. The van der Waals surface area contributed by atoms with Crippen LogP contribution in [0.15, 0.2) is 24.3 Å². The van der Waals surface area contributed by atoms with Gasteiger partial charge in [0.1, 0.15) is 11.6 Å². The summed E-state index contributed by atoms with van der Waals surface area (Å²) >= 11 is 0. The molecule has 1 saturated carbocycles. The van der Waals surface area contributed by atoms with E-state index in [4.69, 9.17) is 9.72 Å². The number of rotatable bonds is 5. The van der Waals surface area contributed by atoms with Gasteiger partial charge in [-0.2, -0.15) is 0 Å². The summed E-state index contributed by atoms with van der Waals surface area (Å²) in [5.41, 5.74) is 1.79. The number of nitrogens with zero attached hydrogens (tertiary/aromatic N) is 4. The summed E-state index contributed by atoms with van der Waals surface area (Å²) in [6.45, 7) is 2.38. The smallest absolute Gasteiger partial charge is 0.357 e. The van der Waals surface area contributed by atoms with Crippen molar-refractivity contribution >= 4 is 17.5 Å². The van der Waals surface area contributed by atoms with E-state index >= 15 is 0 Å². The zero-order chi connectivity index (χ0) is 19.1. The van der Waals surface area contributed by atoms with Gasteiger partial charge in [0.15, 0.2) is 5.69 Å². The third-order valence-electron chi connectivity index (χ3n) is 5.16. The first-order chi connectivity index (χ1) is 13.0. The van der Waals surface area contributed by atoms with E-state index in [0.717, 1.165) is 18.4 Å². The van der Waals surface area contributed by atoms with Gasteiger partial charge in [0.05, 0.1) is 18.6 Å². The monoisotopic (exact) mass is 368 g/mol. The van der Waals surface area contributed by atoms with E-state index < -0.39 is 5.97 Å². The van der Waals surface area contributed by atoms with Crippen molar-refractivity contribution in [1.82, 2.24) is 9.97 Å². The van der Waals surface area contributed by atoms with Gasteiger partial charge in [-0.3, -0.25) is 10.1 Å². The Bertz CT molecular complexity index is 926. The van der Waals surface area contributed by atoms with E-state index in [1.807, 2.05) is 11.8 Å². The third kappa shape index (κ3) is 3.11. The SMILES string of the molecule is COC(=O)c1nc(C2CC2)nc2c1CC(C)N2Cc1ccccc1[N+](=O)[O-]. The number of benzene rings is 1. The van der Waals surface area contributed by atoms with Crippen molar-refractivity contribution in [3.63, 3.8) is 0 Å². The number of nitro benzene ring substituents is 1. The standard InChI is InChI=1S/C19H20N4O4/c1-11-9-14-16(19(24)27-2)20-17(12-7-8-12)21-18(14)22(11)10-13-5-3-4-6-15(13)23(25)26/h3-6,11-12H,7-10H2,1-2H3. The van der Waals surface area contributed by atoms with Crippen LogP contribution in [-0.2, 0) is 17.7 Å². The maximum Gasteiger partial charge on any atom is 0.357 e. The molecule has 1 unspecified atom stereocenters. The average molecular weight is 368 g/mol. The minimum atomic E-state index is -0.463. The number of fused-ring (bicyclic) bond motifs is 1. The van der Waals surface area contributed by atoms with Crippen molar-refractivity contribution in [2.24, 2.45) is 0 Å². The summed E-state index contributed by atoms with van der Waals surface area (Å²) in [7, 11) is 1.34. The second-order valence-corrected chi connectivity index (χ2v) is 7.07. The van der Waals surface area contributed by atoms with E-state index in [0.29, 0.717) is 35.9 Å². The fraction of sp³-hybridized carbons (Fsp3) is 0.421. The largest absolute Gasteiger partial charge is 0.464 e. The van der Waals surface area contributed by atoms with Gasteiger partial charge in [0.2, 0.25) is 0 Å². The summed E-state index contributed by atoms with van der Waals surface area (Å²) in [4.78, 5) is 34.5. The van der Waals surface area contributed by atoms with Crippen LogP contribution in [0.2, 0.25) is 0 Å². The predicted octanol–water partition coefficient (Wildman–Crippen LogP) is 3.00. The summed E-state index contributed by atoms with van der Waals surface area (Å²) in [5.74, 6) is 1.17. The maximum absolute atomic E-state index is 12.3. The minimum Gasteiger partial charge on any atom is -0.464 e. The zero-order valence-corrected chi connectivity index (χ0v) is 15.2. The van der Waals surface area contributed by atoms with E-state index in [1.165, 1.54) is 13.2 Å². The van der Waals surface area contributed by atoms with E-state index in [9.17, 15) is 14.9 Å². The normalized spacial score (nSPS) is 18.3. The van der Waals surface area contributed by atoms with Crippen LogP contribution in [0.1, 0.15) is 53.1 Å². The first-order valence-corrected chi connectivity index (χ1v) is 8.97. The quantitative estimate of drug-likeness (QED) is 0.454. The Morgan fingerprint density at radius 3 is 2.74 bits per heavy atom.